The fourth-order valence-corrected chi connectivity index (χ4v) is 1.79. The lowest BCUT2D eigenvalue weighted by molar-refractivity contribution is -0.0399. The molecule has 0 radical (unpaired) electrons. The highest BCUT2D eigenvalue weighted by atomic mass is 35.5. The summed E-state index contributed by atoms with van der Waals surface area (Å²) >= 11 is 7.20. The zero-order chi connectivity index (χ0) is 11.5. The van der Waals surface area contributed by atoms with Crippen molar-refractivity contribution < 1.29 is 9.47 Å². The summed E-state index contributed by atoms with van der Waals surface area (Å²) < 4.78 is 10.7. The molecule has 0 atom stereocenters. The van der Waals surface area contributed by atoms with Crippen molar-refractivity contribution in [2.24, 2.45) is 0 Å². The summed E-state index contributed by atoms with van der Waals surface area (Å²) in [6, 6.07) is 0. The van der Waals surface area contributed by atoms with Gasteiger partial charge in [-0.05, 0) is 17.9 Å². The summed E-state index contributed by atoms with van der Waals surface area (Å²) in [6.07, 6.45) is 1.42. The van der Waals surface area contributed by atoms with E-state index in [0.29, 0.717) is 24.3 Å². The van der Waals surface area contributed by atoms with E-state index in [4.69, 9.17) is 21.1 Å². The van der Waals surface area contributed by atoms with Gasteiger partial charge in [0.2, 0.25) is 17.6 Å². The number of ether oxygens (including phenoxy) is 2. The summed E-state index contributed by atoms with van der Waals surface area (Å²) in [5.74, 6) is 0.441. The summed E-state index contributed by atoms with van der Waals surface area (Å²) in [5, 5.41) is 0.735. The van der Waals surface area contributed by atoms with E-state index in [-0.39, 0.29) is 5.28 Å². The SMILES string of the molecule is CSc1nc(Cl)nc(N(C)C2OCCO2)n1. The van der Waals surface area contributed by atoms with Gasteiger partial charge in [0.25, 0.3) is 0 Å². The van der Waals surface area contributed by atoms with E-state index in [1.807, 2.05) is 6.26 Å². The van der Waals surface area contributed by atoms with E-state index < -0.39 is 6.41 Å². The average molecular weight is 263 g/mol. The fraction of sp³-hybridized carbons (Fsp3) is 0.625. The number of hydrogen-bond donors (Lipinski definition) is 0. The van der Waals surface area contributed by atoms with Crippen molar-refractivity contribution in [3.63, 3.8) is 0 Å². The molecule has 0 bridgehead atoms. The minimum Gasteiger partial charge on any atom is -0.333 e. The standard InChI is InChI=1S/C8H11ClN4O2S/c1-13(8-14-3-4-15-8)6-10-5(9)11-7(12-6)16-2/h8H,3-4H2,1-2H3. The molecule has 88 valence electrons. The number of nitrogens with zero attached hydrogens (tertiary/aromatic N) is 4. The molecule has 0 aliphatic carbocycles. The molecule has 1 aromatic heterocycles. The second-order valence-corrected chi connectivity index (χ2v) is 4.16. The summed E-state index contributed by atoms with van der Waals surface area (Å²) in [6.45, 7) is 1.15. The Morgan fingerprint density at radius 3 is 2.62 bits per heavy atom. The smallest absolute Gasteiger partial charge is 0.242 e. The largest absolute Gasteiger partial charge is 0.333 e. The van der Waals surface area contributed by atoms with Gasteiger partial charge in [0.15, 0.2) is 5.16 Å². The molecule has 8 heteroatoms. The van der Waals surface area contributed by atoms with Crippen LogP contribution in [0.2, 0.25) is 5.28 Å². The number of thioether (sulfide) groups is 1. The predicted molar refractivity (Wildman–Crippen MR) is 60.7 cm³/mol. The molecule has 0 unspecified atom stereocenters. The average Bonchev–Trinajstić information content (AvgIpc) is 2.80. The molecule has 0 spiro atoms. The second-order valence-electron chi connectivity index (χ2n) is 3.05. The highest BCUT2D eigenvalue weighted by Gasteiger charge is 2.23. The Labute approximate surface area is 102 Å². The maximum atomic E-state index is 5.80. The first kappa shape index (κ1) is 11.8. The Bertz CT molecular complexity index is 375. The zero-order valence-electron chi connectivity index (χ0n) is 8.88. The van der Waals surface area contributed by atoms with E-state index in [1.54, 1.807) is 11.9 Å². The van der Waals surface area contributed by atoms with Gasteiger partial charge in [-0.15, -0.1) is 0 Å². The van der Waals surface area contributed by atoms with Gasteiger partial charge in [0, 0.05) is 7.05 Å². The first-order chi connectivity index (χ1) is 7.70. The highest BCUT2D eigenvalue weighted by Crippen LogP contribution is 2.19. The molecule has 1 fully saturated rings. The molecular weight excluding hydrogens is 252 g/mol. The van der Waals surface area contributed by atoms with Crippen LogP contribution in [0.15, 0.2) is 5.16 Å². The van der Waals surface area contributed by atoms with Crippen LogP contribution in [-0.4, -0.2) is 47.9 Å². The maximum Gasteiger partial charge on any atom is 0.242 e. The number of anilines is 1. The highest BCUT2D eigenvalue weighted by molar-refractivity contribution is 7.98. The normalized spacial score (nSPS) is 16.7. The number of hydrogen-bond acceptors (Lipinski definition) is 7. The number of aromatic nitrogens is 3. The van der Waals surface area contributed by atoms with Crippen LogP contribution in [0.1, 0.15) is 0 Å². The molecule has 1 aliphatic rings. The molecule has 0 saturated carbocycles. The topological polar surface area (TPSA) is 60.4 Å². The van der Waals surface area contributed by atoms with Gasteiger partial charge in [-0.3, -0.25) is 4.90 Å². The van der Waals surface area contributed by atoms with Gasteiger partial charge >= 0.3 is 0 Å². The molecule has 0 aromatic carbocycles. The van der Waals surface area contributed by atoms with Crippen molar-refractivity contribution >= 4 is 29.3 Å². The van der Waals surface area contributed by atoms with E-state index in [2.05, 4.69) is 15.0 Å². The van der Waals surface area contributed by atoms with Crippen LogP contribution >= 0.6 is 23.4 Å². The van der Waals surface area contributed by atoms with Gasteiger partial charge < -0.3 is 9.47 Å². The van der Waals surface area contributed by atoms with Crippen LogP contribution < -0.4 is 4.90 Å². The van der Waals surface area contributed by atoms with Gasteiger partial charge in [0.05, 0.1) is 13.2 Å². The minimum atomic E-state index is -0.451. The van der Waals surface area contributed by atoms with Gasteiger partial charge in [-0.1, -0.05) is 11.8 Å². The third-order valence-electron chi connectivity index (χ3n) is 1.99. The van der Waals surface area contributed by atoms with E-state index >= 15 is 0 Å². The summed E-state index contributed by atoms with van der Waals surface area (Å²) in [7, 11) is 1.78. The maximum absolute atomic E-state index is 5.80. The number of rotatable bonds is 3. The van der Waals surface area contributed by atoms with Crippen LogP contribution in [0.4, 0.5) is 5.95 Å². The zero-order valence-corrected chi connectivity index (χ0v) is 10.5. The van der Waals surface area contributed by atoms with E-state index in [0.717, 1.165) is 0 Å². The molecular formula is C8H11ClN4O2S. The van der Waals surface area contributed by atoms with Crippen molar-refractivity contribution in [2.45, 2.75) is 11.6 Å². The van der Waals surface area contributed by atoms with Gasteiger partial charge in [-0.25, -0.2) is 0 Å². The molecule has 1 aromatic rings. The quantitative estimate of drug-likeness (QED) is 0.754. The monoisotopic (exact) mass is 262 g/mol. The molecule has 2 heterocycles. The van der Waals surface area contributed by atoms with Gasteiger partial charge in [-0.2, -0.15) is 15.0 Å². The third-order valence-corrected chi connectivity index (χ3v) is 2.71. The molecule has 0 N–H and O–H groups in total. The Kier molecular flexibility index (Phi) is 3.80. The minimum absolute atomic E-state index is 0.166. The fourth-order valence-electron chi connectivity index (χ4n) is 1.23. The molecule has 16 heavy (non-hydrogen) atoms. The van der Waals surface area contributed by atoms with Crippen LogP contribution in [0.25, 0.3) is 0 Å². The molecule has 6 nitrogen and oxygen atoms in total. The molecule has 0 amide bonds. The first-order valence-electron chi connectivity index (χ1n) is 4.62. The number of halogens is 1. The lowest BCUT2D eigenvalue weighted by Crippen LogP contribution is -2.33. The van der Waals surface area contributed by atoms with Crippen molar-refractivity contribution in [2.75, 3.05) is 31.4 Å². The van der Waals surface area contributed by atoms with Crippen molar-refractivity contribution in [1.82, 2.24) is 15.0 Å². The van der Waals surface area contributed by atoms with Crippen molar-refractivity contribution in [1.29, 1.82) is 0 Å². The predicted octanol–water partition coefficient (Wildman–Crippen LogP) is 1.01. The molecule has 2 rings (SSSR count). The van der Waals surface area contributed by atoms with Crippen molar-refractivity contribution in [3.8, 4) is 0 Å². The second kappa shape index (κ2) is 5.13. The molecule has 1 saturated heterocycles. The van der Waals surface area contributed by atoms with Crippen LogP contribution in [0.3, 0.4) is 0 Å². The van der Waals surface area contributed by atoms with Crippen LogP contribution in [-0.2, 0) is 9.47 Å². The Hall–Kier alpha value is -0.630. The lowest BCUT2D eigenvalue weighted by Gasteiger charge is -2.22. The van der Waals surface area contributed by atoms with E-state index in [1.165, 1.54) is 11.8 Å². The summed E-state index contributed by atoms with van der Waals surface area (Å²) in [5.41, 5.74) is 0. The summed E-state index contributed by atoms with van der Waals surface area (Å²) in [4.78, 5) is 13.9. The molecule has 1 aliphatic heterocycles. The Morgan fingerprint density at radius 2 is 2.00 bits per heavy atom. The third kappa shape index (κ3) is 2.54. The van der Waals surface area contributed by atoms with Gasteiger partial charge in [0.1, 0.15) is 0 Å². The van der Waals surface area contributed by atoms with Crippen LogP contribution in [0, 0.1) is 0 Å². The van der Waals surface area contributed by atoms with Crippen molar-refractivity contribution in [3.05, 3.63) is 5.28 Å². The van der Waals surface area contributed by atoms with E-state index in [9.17, 15) is 0 Å². The first-order valence-corrected chi connectivity index (χ1v) is 6.22. The Morgan fingerprint density at radius 1 is 1.31 bits per heavy atom. The lowest BCUT2D eigenvalue weighted by atomic mass is 10.7. The Balaban J connectivity index is 2.21. The van der Waals surface area contributed by atoms with Crippen LogP contribution in [0.5, 0.6) is 0 Å².